The Labute approximate surface area is 62.3 Å². The monoisotopic (exact) mass is 140 g/mol. The van der Waals surface area contributed by atoms with E-state index in [1.54, 1.807) is 0 Å². The summed E-state index contributed by atoms with van der Waals surface area (Å²) in [7, 11) is 0. The first kappa shape index (κ1) is 7.61. The lowest BCUT2D eigenvalue weighted by molar-refractivity contribution is 0.656. The van der Waals surface area contributed by atoms with Crippen LogP contribution >= 0.6 is 0 Å². The molecule has 2 heteroatoms. The zero-order valence-corrected chi connectivity index (χ0v) is 6.56. The zero-order chi connectivity index (χ0) is 7.61. The summed E-state index contributed by atoms with van der Waals surface area (Å²) in [5.41, 5.74) is 12.5. The first-order valence-electron chi connectivity index (χ1n) is 3.90. The van der Waals surface area contributed by atoms with Gasteiger partial charge in [0.15, 0.2) is 0 Å². The van der Waals surface area contributed by atoms with Gasteiger partial charge in [-0.3, -0.25) is 0 Å². The molecule has 0 radical (unpaired) electrons. The van der Waals surface area contributed by atoms with Gasteiger partial charge in [0.2, 0.25) is 0 Å². The molecular formula is C8H16N2. The fourth-order valence-electron chi connectivity index (χ4n) is 1.06. The first-order chi connectivity index (χ1) is 4.72. The quantitative estimate of drug-likeness (QED) is 0.614. The Morgan fingerprint density at radius 3 is 2.50 bits per heavy atom. The van der Waals surface area contributed by atoms with Gasteiger partial charge in [-0.15, -0.1) is 0 Å². The van der Waals surface area contributed by atoms with Gasteiger partial charge in [0, 0.05) is 17.7 Å². The average Bonchev–Trinajstić information content (AvgIpc) is 2.70. The minimum Gasteiger partial charge on any atom is -0.402 e. The summed E-state index contributed by atoms with van der Waals surface area (Å²) in [6.45, 7) is 2.83. The Bertz CT molecular complexity index is 145. The fourth-order valence-corrected chi connectivity index (χ4v) is 1.06. The van der Waals surface area contributed by atoms with Crippen LogP contribution in [0.2, 0.25) is 0 Å². The Kier molecular flexibility index (Phi) is 2.00. The Morgan fingerprint density at radius 1 is 1.60 bits per heavy atom. The van der Waals surface area contributed by atoms with Gasteiger partial charge in [0.25, 0.3) is 0 Å². The van der Waals surface area contributed by atoms with E-state index in [4.69, 9.17) is 11.5 Å². The molecular weight excluding hydrogens is 124 g/mol. The normalized spacial score (nSPS) is 22.8. The lowest BCUT2D eigenvalue weighted by Crippen LogP contribution is -2.14. The molecule has 0 spiro atoms. The molecule has 1 fully saturated rings. The molecule has 0 amide bonds. The maximum atomic E-state index is 5.68. The van der Waals surface area contributed by atoms with Crippen LogP contribution in [0.3, 0.4) is 0 Å². The summed E-state index contributed by atoms with van der Waals surface area (Å²) in [5.74, 6) is 0. The topological polar surface area (TPSA) is 52.0 Å². The van der Waals surface area contributed by atoms with Crippen LogP contribution in [-0.4, -0.2) is 6.54 Å². The van der Waals surface area contributed by atoms with E-state index in [1.165, 1.54) is 12.8 Å². The fraction of sp³-hybridized carbons (Fsp3) is 0.750. The predicted octanol–water partition coefficient (Wildman–Crippen LogP) is 0.978. The third-order valence-corrected chi connectivity index (χ3v) is 2.20. The molecule has 0 aliphatic heterocycles. The molecule has 1 saturated carbocycles. The minimum atomic E-state index is 0.306. The van der Waals surface area contributed by atoms with E-state index in [0.717, 1.165) is 18.7 Å². The molecule has 0 atom stereocenters. The minimum absolute atomic E-state index is 0.306. The van der Waals surface area contributed by atoms with Gasteiger partial charge in [-0.2, -0.15) is 0 Å². The van der Waals surface area contributed by atoms with E-state index in [0.29, 0.717) is 5.41 Å². The molecule has 1 rings (SSSR count). The van der Waals surface area contributed by atoms with Gasteiger partial charge >= 0.3 is 0 Å². The summed E-state index contributed by atoms with van der Waals surface area (Å²) in [4.78, 5) is 0. The van der Waals surface area contributed by atoms with Crippen LogP contribution in [0.4, 0.5) is 0 Å². The largest absolute Gasteiger partial charge is 0.402 e. The third kappa shape index (κ3) is 1.51. The van der Waals surface area contributed by atoms with E-state index in [1.807, 2.05) is 0 Å². The molecule has 10 heavy (non-hydrogen) atoms. The molecule has 2 nitrogen and oxygen atoms in total. The highest BCUT2D eigenvalue weighted by Gasteiger charge is 2.38. The second-order valence-electron chi connectivity index (χ2n) is 3.14. The van der Waals surface area contributed by atoms with Crippen LogP contribution in [0.1, 0.15) is 26.2 Å². The van der Waals surface area contributed by atoms with Crippen molar-refractivity contribution in [2.75, 3.05) is 6.54 Å². The van der Waals surface area contributed by atoms with E-state index in [9.17, 15) is 0 Å². The SMILES string of the molecule is CC/C(N)=C/C1(CN)CC1. The molecule has 1 aliphatic carbocycles. The lowest BCUT2D eigenvalue weighted by Gasteiger charge is -2.06. The van der Waals surface area contributed by atoms with Gasteiger partial charge in [0.05, 0.1) is 0 Å². The van der Waals surface area contributed by atoms with Crippen LogP contribution in [0, 0.1) is 5.41 Å². The highest BCUT2D eigenvalue weighted by atomic mass is 14.7. The van der Waals surface area contributed by atoms with Crippen LogP contribution in [-0.2, 0) is 0 Å². The number of nitrogens with two attached hydrogens (primary N) is 2. The van der Waals surface area contributed by atoms with Crippen LogP contribution in [0.25, 0.3) is 0 Å². The van der Waals surface area contributed by atoms with Gasteiger partial charge in [-0.25, -0.2) is 0 Å². The van der Waals surface area contributed by atoms with Crippen molar-refractivity contribution in [3.63, 3.8) is 0 Å². The standard InChI is InChI=1S/C8H16N2/c1-2-7(10)5-8(6-9)3-4-8/h5H,2-4,6,9-10H2,1H3/b7-5-. The Hall–Kier alpha value is -0.500. The maximum absolute atomic E-state index is 5.68. The molecule has 0 aromatic carbocycles. The second-order valence-corrected chi connectivity index (χ2v) is 3.14. The molecule has 0 aromatic rings. The van der Waals surface area contributed by atoms with Crippen molar-refractivity contribution >= 4 is 0 Å². The number of hydrogen-bond donors (Lipinski definition) is 2. The highest BCUT2D eigenvalue weighted by Crippen LogP contribution is 2.46. The summed E-state index contributed by atoms with van der Waals surface area (Å²) in [6.07, 6.45) is 5.54. The zero-order valence-electron chi connectivity index (χ0n) is 6.56. The molecule has 0 bridgehead atoms. The second kappa shape index (κ2) is 2.62. The van der Waals surface area contributed by atoms with Crippen LogP contribution < -0.4 is 11.5 Å². The highest BCUT2D eigenvalue weighted by molar-refractivity contribution is 5.14. The molecule has 0 aromatic heterocycles. The number of allylic oxidation sites excluding steroid dienone is 1. The molecule has 0 heterocycles. The predicted molar refractivity (Wildman–Crippen MR) is 43.3 cm³/mol. The number of hydrogen-bond acceptors (Lipinski definition) is 2. The lowest BCUT2D eigenvalue weighted by atomic mass is 10.1. The smallest absolute Gasteiger partial charge is 0.00433 e. The van der Waals surface area contributed by atoms with Gasteiger partial charge in [-0.1, -0.05) is 13.0 Å². The van der Waals surface area contributed by atoms with Gasteiger partial charge in [-0.05, 0) is 19.3 Å². The van der Waals surface area contributed by atoms with Crippen molar-refractivity contribution in [1.82, 2.24) is 0 Å². The molecule has 58 valence electrons. The summed E-state index contributed by atoms with van der Waals surface area (Å²) in [5, 5.41) is 0. The molecule has 0 unspecified atom stereocenters. The molecule has 0 saturated heterocycles. The average molecular weight is 140 g/mol. The van der Waals surface area contributed by atoms with E-state index in [-0.39, 0.29) is 0 Å². The summed E-state index contributed by atoms with van der Waals surface area (Å²) in [6, 6.07) is 0. The van der Waals surface area contributed by atoms with Crippen molar-refractivity contribution in [3.05, 3.63) is 11.8 Å². The molecule has 1 aliphatic rings. The van der Waals surface area contributed by atoms with Crippen molar-refractivity contribution in [3.8, 4) is 0 Å². The summed E-state index contributed by atoms with van der Waals surface area (Å²) < 4.78 is 0. The maximum Gasteiger partial charge on any atom is 0.00433 e. The van der Waals surface area contributed by atoms with Crippen molar-refractivity contribution < 1.29 is 0 Å². The van der Waals surface area contributed by atoms with Crippen LogP contribution in [0.15, 0.2) is 11.8 Å². The van der Waals surface area contributed by atoms with E-state index >= 15 is 0 Å². The van der Waals surface area contributed by atoms with Crippen molar-refractivity contribution in [2.45, 2.75) is 26.2 Å². The first-order valence-corrected chi connectivity index (χ1v) is 3.90. The van der Waals surface area contributed by atoms with Gasteiger partial charge in [0.1, 0.15) is 0 Å². The van der Waals surface area contributed by atoms with Crippen molar-refractivity contribution in [2.24, 2.45) is 16.9 Å². The summed E-state index contributed by atoms with van der Waals surface area (Å²) >= 11 is 0. The Balaban J connectivity index is 2.50. The van der Waals surface area contributed by atoms with E-state index < -0.39 is 0 Å². The Morgan fingerprint density at radius 2 is 2.20 bits per heavy atom. The van der Waals surface area contributed by atoms with Crippen LogP contribution in [0.5, 0.6) is 0 Å². The van der Waals surface area contributed by atoms with Crippen molar-refractivity contribution in [1.29, 1.82) is 0 Å². The van der Waals surface area contributed by atoms with Gasteiger partial charge < -0.3 is 11.5 Å². The molecule has 4 N–H and O–H groups in total. The third-order valence-electron chi connectivity index (χ3n) is 2.20. The van der Waals surface area contributed by atoms with E-state index in [2.05, 4.69) is 13.0 Å². The number of rotatable bonds is 3.